The maximum Gasteiger partial charge on any atom is 0.254 e. The van der Waals surface area contributed by atoms with Crippen molar-refractivity contribution in [3.05, 3.63) is 35.6 Å². The van der Waals surface area contributed by atoms with Gasteiger partial charge in [-0.25, -0.2) is 4.39 Å². The summed E-state index contributed by atoms with van der Waals surface area (Å²) < 4.78 is 13.6. The van der Waals surface area contributed by atoms with Crippen LogP contribution in [0.1, 0.15) is 31.1 Å². The molecular formula is C19H30FIN4OS. The van der Waals surface area contributed by atoms with Crippen molar-refractivity contribution < 1.29 is 9.18 Å². The third-order valence-electron chi connectivity index (χ3n) is 4.25. The highest BCUT2D eigenvalue weighted by atomic mass is 127. The molecule has 1 aliphatic rings. The van der Waals surface area contributed by atoms with Crippen LogP contribution in [0.5, 0.6) is 0 Å². The Bertz CT molecular complexity index is 629. The second-order valence-electron chi connectivity index (χ2n) is 6.57. The highest BCUT2D eigenvalue weighted by Crippen LogP contribution is 2.24. The minimum atomic E-state index is -0.507. The summed E-state index contributed by atoms with van der Waals surface area (Å²) in [4.78, 5) is 19.0. The molecular weight excluding hydrogens is 478 g/mol. The first-order chi connectivity index (χ1) is 12.5. The Balaban J connectivity index is 0.00000364. The number of nitrogens with zero attached hydrogens (tertiary/aromatic N) is 2. The molecule has 5 nitrogen and oxygen atoms in total. The zero-order chi connectivity index (χ0) is 18.9. The summed E-state index contributed by atoms with van der Waals surface area (Å²) in [7, 11) is 0. The van der Waals surface area contributed by atoms with Gasteiger partial charge in [0, 0.05) is 37.2 Å². The van der Waals surface area contributed by atoms with Gasteiger partial charge in [0.05, 0.1) is 12.1 Å². The molecule has 0 saturated carbocycles. The summed E-state index contributed by atoms with van der Waals surface area (Å²) in [5, 5.41) is 6.67. The standard InChI is InChI=1S/C19H29FN4OS.HI/c1-4-21-19(24-11-12-26-17(13-24)14(2)3)23-10-9-22-18(25)15-7-5-6-8-16(15)20;/h5-8,14,17H,4,9-13H2,1-3H3,(H,21,23)(H,22,25);1H. The maximum atomic E-state index is 13.6. The first kappa shape index (κ1) is 24.0. The van der Waals surface area contributed by atoms with Crippen molar-refractivity contribution in [2.24, 2.45) is 10.9 Å². The lowest BCUT2D eigenvalue weighted by atomic mass is 10.1. The number of hydrogen-bond donors (Lipinski definition) is 2. The molecule has 0 spiro atoms. The van der Waals surface area contributed by atoms with Gasteiger partial charge in [-0.1, -0.05) is 26.0 Å². The molecule has 1 saturated heterocycles. The number of thioether (sulfide) groups is 1. The van der Waals surface area contributed by atoms with E-state index in [0.29, 0.717) is 24.3 Å². The van der Waals surface area contributed by atoms with Gasteiger partial charge in [-0.15, -0.1) is 24.0 Å². The molecule has 1 unspecified atom stereocenters. The van der Waals surface area contributed by atoms with Crippen LogP contribution in [-0.2, 0) is 0 Å². The van der Waals surface area contributed by atoms with Gasteiger partial charge >= 0.3 is 0 Å². The summed E-state index contributed by atoms with van der Waals surface area (Å²) in [5.74, 6) is 1.70. The number of benzene rings is 1. The molecule has 1 aromatic carbocycles. The molecule has 1 fully saturated rings. The summed E-state index contributed by atoms with van der Waals surface area (Å²) in [6.07, 6.45) is 0. The van der Waals surface area contributed by atoms with Crippen LogP contribution in [0.25, 0.3) is 0 Å². The summed E-state index contributed by atoms with van der Waals surface area (Å²) in [5.41, 5.74) is 0.0659. The number of amides is 1. The maximum absolute atomic E-state index is 13.6. The quantitative estimate of drug-likeness (QED) is 0.268. The Morgan fingerprint density at radius 2 is 2.11 bits per heavy atom. The molecule has 8 heteroatoms. The number of rotatable bonds is 6. The third kappa shape index (κ3) is 7.48. The zero-order valence-electron chi connectivity index (χ0n) is 16.2. The first-order valence-corrected chi connectivity index (χ1v) is 10.2. The second-order valence-corrected chi connectivity index (χ2v) is 7.92. The highest BCUT2D eigenvalue weighted by Gasteiger charge is 2.24. The largest absolute Gasteiger partial charge is 0.357 e. The summed E-state index contributed by atoms with van der Waals surface area (Å²) >= 11 is 2.02. The van der Waals surface area contributed by atoms with E-state index in [1.165, 1.54) is 12.1 Å². The molecule has 0 bridgehead atoms. The van der Waals surface area contributed by atoms with Crippen LogP contribution in [0, 0.1) is 11.7 Å². The van der Waals surface area contributed by atoms with Crippen molar-refractivity contribution in [3.63, 3.8) is 0 Å². The number of aliphatic imine (C=N–C) groups is 1. The Morgan fingerprint density at radius 1 is 1.37 bits per heavy atom. The van der Waals surface area contributed by atoms with Crippen LogP contribution in [0.3, 0.4) is 0 Å². The first-order valence-electron chi connectivity index (χ1n) is 9.20. The smallest absolute Gasteiger partial charge is 0.254 e. The molecule has 1 heterocycles. The lowest BCUT2D eigenvalue weighted by Crippen LogP contribution is -2.49. The highest BCUT2D eigenvalue weighted by molar-refractivity contribution is 14.0. The average Bonchev–Trinajstić information content (AvgIpc) is 2.64. The fraction of sp³-hybridized carbons (Fsp3) is 0.579. The number of carbonyl (C=O) groups excluding carboxylic acids is 1. The van der Waals surface area contributed by atoms with Gasteiger partial charge in [0.15, 0.2) is 5.96 Å². The van der Waals surface area contributed by atoms with Gasteiger partial charge in [-0.2, -0.15) is 11.8 Å². The van der Waals surface area contributed by atoms with Crippen LogP contribution in [0.15, 0.2) is 29.3 Å². The molecule has 1 amide bonds. The Hall–Kier alpha value is -1.03. The predicted molar refractivity (Wildman–Crippen MR) is 123 cm³/mol. The summed E-state index contributed by atoms with van der Waals surface area (Å²) in [6.45, 7) is 10.1. The lowest BCUT2D eigenvalue weighted by Gasteiger charge is -2.36. The van der Waals surface area contributed by atoms with Crippen LogP contribution in [0.2, 0.25) is 0 Å². The van der Waals surface area contributed by atoms with Gasteiger partial charge in [0.1, 0.15) is 5.82 Å². The minimum absolute atomic E-state index is 0. The number of halogens is 2. The normalized spacial score (nSPS) is 17.4. The van der Waals surface area contributed by atoms with Crippen molar-refractivity contribution in [1.82, 2.24) is 15.5 Å². The van der Waals surface area contributed by atoms with E-state index in [1.807, 2.05) is 18.7 Å². The Morgan fingerprint density at radius 3 is 2.78 bits per heavy atom. The molecule has 0 aliphatic carbocycles. The molecule has 27 heavy (non-hydrogen) atoms. The number of hydrogen-bond acceptors (Lipinski definition) is 3. The lowest BCUT2D eigenvalue weighted by molar-refractivity contribution is 0.0950. The van der Waals surface area contributed by atoms with E-state index in [-0.39, 0.29) is 29.5 Å². The second kappa shape index (κ2) is 12.4. The monoisotopic (exact) mass is 508 g/mol. The van der Waals surface area contributed by atoms with Crippen LogP contribution >= 0.6 is 35.7 Å². The fourth-order valence-electron chi connectivity index (χ4n) is 2.77. The van der Waals surface area contributed by atoms with E-state index in [1.54, 1.807) is 12.1 Å². The molecule has 152 valence electrons. The van der Waals surface area contributed by atoms with Gasteiger partial charge in [-0.3, -0.25) is 9.79 Å². The SMILES string of the molecule is CCNC(=NCCNC(=O)c1ccccc1F)N1CCSC(C(C)C)C1.I. The molecule has 2 N–H and O–H groups in total. The number of carbonyl (C=O) groups is 1. The summed E-state index contributed by atoms with van der Waals surface area (Å²) in [6, 6.07) is 5.99. The molecule has 0 aromatic heterocycles. The molecule has 0 radical (unpaired) electrons. The fourth-order valence-corrected chi connectivity index (χ4v) is 4.07. The molecule has 1 aromatic rings. The number of guanidine groups is 1. The predicted octanol–water partition coefficient (Wildman–Crippen LogP) is 3.21. The number of nitrogens with one attached hydrogen (secondary N) is 2. The van der Waals surface area contributed by atoms with Gasteiger partial charge in [-0.05, 0) is 25.0 Å². The van der Waals surface area contributed by atoms with Crippen LogP contribution in [-0.4, -0.2) is 60.5 Å². The van der Waals surface area contributed by atoms with E-state index >= 15 is 0 Å². The molecule has 1 atom stereocenters. The minimum Gasteiger partial charge on any atom is -0.357 e. The van der Waals surface area contributed by atoms with E-state index in [9.17, 15) is 9.18 Å². The van der Waals surface area contributed by atoms with E-state index in [0.717, 1.165) is 31.3 Å². The molecule has 2 rings (SSSR count). The van der Waals surface area contributed by atoms with E-state index < -0.39 is 11.7 Å². The zero-order valence-corrected chi connectivity index (χ0v) is 19.4. The van der Waals surface area contributed by atoms with Crippen LogP contribution in [0.4, 0.5) is 4.39 Å². The average molecular weight is 508 g/mol. The van der Waals surface area contributed by atoms with Crippen LogP contribution < -0.4 is 10.6 Å². The van der Waals surface area contributed by atoms with Crippen molar-refractivity contribution >= 4 is 47.6 Å². The topological polar surface area (TPSA) is 56.7 Å². The van der Waals surface area contributed by atoms with Crippen molar-refractivity contribution in [3.8, 4) is 0 Å². The van der Waals surface area contributed by atoms with Gasteiger partial charge < -0.3 is 15.5 Å². The van der Waals surface area contributed by atoms with Gasteiger partial charge in [0.2, 0.25) is 0 Å². The Kier molecular flexibility index (Phi) is 11.1. The van der Waals surface area contributed by atoms with E-state index in [2.05, 4.69) is 34.4 Å². The van der Waals surface area contributed by atoms with Crippen molar-refractivity contribution in [2.75, 3.05) is 38.5 Å². The Labute approximate surface area is 183 Å². The molecule has 1 aliphatic heterocycles. The van der Waals surface area contributed by atoms with Gasteiger partial charge in [0.25, 0.3) is 5.91 Å². The van der Waals surface area contributed by atoms with Crippen molar-refractivity contribution in [2.45, 2.75) is 26.0 Å². The van der Waals surface area contributed by atoms with Crippen molar-refractivity contribution in [1.29, 1.82) is 0 Å². The van der Waals surface area contributed by atoms with E-state index in [4.69, 9.17) is 0 Å². The third-order valence-corrected chi connectivity index (χ3v) is 5.79.